The fourth-order valence-corrected chi connectivity index (χ4v) is 13.9. The molecular weight excluding hydrogens is 849 g/mol. The summed E-state index contributed by atoms with van der Waals surface area (Å²) in [6.07, 6.45) is 0. The molecule has 1 aliphatic rings. The Hall–Kier alpha value is -7.76. The Morgan fingerprint density at radius 2 is 0.821 bits per heavy atom. The summed E-state index contributed by atoms with van der Waals surface area (Å²) in [7, 11) is 0. The van der Waals surface area contributed by atoms with Gasteiger partial charge in [0.15, 0.2) is 0 Å². The Morgan fingerprint density at radius 1 is 0.328 bits per heavy atom. The van der Waals surface area contributed by atoms with E-state index in [1.165, 1.54) is 106 Å². The monoisotopic (exact) mass is 890 g/mol. The zero-order valence-corrected chi connectivity index (χ0v) is 38.6. The summed E-state index contributed by atoms with van der Waals surface area (Å²) in [5.41, 5.74) is 12.2. The molecule has 67 heavy (non-hydrogen) atoms. The minimum absolute atomic E-state index is 0.279. The molecule has 0 aliphatic heterocycles. The second kappa shape index (κ2) is 14.6. The summed E-state index contributed by atoms with van der Waals surface area (Å²) in [6, 6.07) is 81.1. The molecule has 2 nitrogen and oxygen atoms in total. The van der Waals surface area contributed by atoms with Gasteiger partial charge < -0.3 is 9.80 Å². The average molecular weight is 891 g/mol. The van der Waals surface area contributed by atoms with Crippen molar-refractivity contribution in [3.05, 3.63) is 230 Å². The first-order valence-corrected chi connectivity index (χ1v) is 24.7. The number of hydrogen-bond acceptors (Lipinski definition) is 4. The van der Waals surface area contributed by atoms with E-state index in [1.807, 2.05) is 22.7 Å². The van der Waals surface area contributed by atoms with Gasteiger partial charge in [-0.15, -0.1) is 22.7 Å². The molecule has 2 aromatic heterocycles. The topological polar surface area (TPSA) is 6.48 Å². The number of hydrogen-bond donors (Lipinski definition) is 0. The van der Waals surface area contributed by atoms with E-state index in [2.05, 4.69) is 242 Å². The summed E-state index contributed by atoms with van der Waals surface area (Å²) < 4.78 is 5.21. The van der Waals surface area contributed by atoms with Crippen LogP contribution in [-0.2, 0) is 5.41 Å². The van der Waals surface area contributed by atoms with E-state index in [4.69, 9.17) is 0 Å². The van der Waals surface area contributed by atoms with Crippen molar-refractivity contribution in [2.24, 2.45) is 0 Å². The van der Waals surface area contributed by atoms with Gasteiger partial charge >= 0.3 is 0 Å². The lowest BCUT2D eigenvalue weighted by Crippen LogP contribution is -2.16. The third kappa shape index (κ3) is 5.67. The molecule has 0 saturated heterocycles. The maximum absolute atomic E-state index is 2.46. The van der Waals surface area contributed by atoms with Crippen LogP contribution in [0.15, 0.2) is 218 Å². The maximum atomic E-state index is 2.46. The minimum Gasteiger partial charge on any atom is -0.309 e. The smallest absolute Gasteiger partial charge is 0.0640 e. The standard InChI is InChI=1S/C63H42N2S2/c1-63(2)59-44-35-32-42(64(40-17-5-3-6-18-40)54-27-15-25-50-46-22-11-13-29-56(46)66-61(50)54)37-39(44)31-34-52(59)58-48-24-10-9-21-45(48)53-38-43(33-36-49(53)60(58)63)65(41-19-7-4-8-20-41)55-28-16-26-51-47-23-12-14-30-57(47)67-62(51)55/h3-38H,1-2H3. The highest BCUT2D eigenvalue weighted by atomic mass is 32.1. The summed E-state index contributed by atoms with van der Waals surface area (Å²) >= 11 is 3.76. The van der Waals surface area contributed by atoms with Crippen LogP contribution < -0.4 is 9.80 Å². The van der Waals surface area contributed by atoms with E-state index < -0.39 is 0 Å². The van der Waals surface area contributed by atoms with Crippen LogP contribution in [0.25, 0.3) is 83.8 Å². The number of benzene rings is 11. The molecule has 316 valence electrons. The van der Waals surface area contributed by atoms with Gasteiger partial charge in [0.25, 0.3) is 0 Å². The Morgan fingerprint density at radius 3 is 1.42 bits per heavy atom. The lowest BCUT2D eigenvalue weighted by Gasteiger charge is -2.29. The van der Waals surface area contributed by atoms with Crippen LogP contribution in [0, 0.1) is 0 Å². The van der Waals surface area contributed by atoms with Gasteiger partial charge in [0.05, 0.1) is 20.8 Å². The van der Waals surface area contributed by atoms with E-state index in [-0.39, 0.29) is 5.41 Å². The van der Waals surface area contributed by atoms with Crippen LogP contribution >= 0.6 is 22.7 Å². The number of fused-ring (bicyclic) bond motifs is 16. The zero-order valence-electron chi connectivity index (χ0n) is 37.0. The molecular formula is C63H42N2S2. The molecule has 0 amide bonds. The summed E-state index contributed by atoms with van der Waals surface area (Å²) in [6.45, 7) is 4.90. The van der Waals surface area contributed by atoms with Crippen molar-refractivity contribution >= 4 is 129 Å². The van der Waals surface area contributed by atoms with Gasteiger partial charge in [0.2, 0.25) is 0 Å². The Kier molecular flexibility index (Phi) is 8.40. The second-order valence-electron chi connectivity index (χ2n) is 18.4. The lowest BCUT2D eigenvalue weighted by molar-refractivity contribution is 0.672. The van der Waals surface area contributed by atoms with Crippen molar-refractivity contribution in [1.29, 1.82) is 0 Å². The van der Waals surface area contributed by atoms with Crippen molar-refractivity contribution in [2.45, 2.75) is 19.3 Å². The number of nitrogens with zero attached hydrogens (tertiary/aromatic N) is 2. The SMILES string of the molecule is CC1(C)c2c(ccc3cc(N(c4ccccc4)c4cccc5c4sc4ccccc45)ccc23)-c2c1c1ccc(N(c3ccccc3)c3cccc4c3sc3ccccc34)cc1c1ccccc21. The van der Waals surface area contributed by atoms with Crippen LogP contribution in [0.2, 0.25) is 0 Å². The van der Waals surface area contributed by atoms with Crippen molar-refractivity contribution < 1.29 is 0 Å². The predicted molar refractivity (Wildman–Crippen MR) is 292 cm³/mol. The van der Waals surface area contributed by atoms with E-state index in [9.17, 15) is 0 Å². The third-order valence-corrected chi connectivity index (χ3v) is 16.7. The molecule has 11 aromatic carbocycles. The molecule has 14 rings (SSSR count). The fourth-order valence-electron chi connectivity index (χ4n) is 11.5. The molecule has 4 heteroatoms. The highest BCUT2D eigenvalue weighted by Crippen LogP contribution is 2.58. The first kappa shape index (κ1) is 38.5. The van der Waals surface area contributed by atoms with Gasteiger partial charge in [0, 0.05) is 59.1 Å². The third-order valence-electron chi connectivity index (χ3n) is 14.3. The summed E-state index contributed by atoms with van der Waals surface area (Å²) in [4.78, 5) is 4.91. The number of anilines is 6. The van der Waals surface area contributed by atoms with Crippen LogP contribution in [0.1, 0.15) is 25.0 Å². The van der Waals surface area contributed by atoms with Crippen molar-refractivity contribution in [3.63, 3.8) is 0 Å². The van der Waals surface area contributed by atoms with Crippen molar-refractivity contribution in [2.75, 3.05) is 9.80 Å². The van der Waals surface area contributed by atoms with E-state index in [0.29, 0.717) is 0 Å². The minimum atomic E-state index is -0.279. The van der Waals surface area contributed by atoms with Gasteiger partial charge in [0.1, 0.15) is 0 Å². The molecule has 2 heterocycles. The zero-order chi connectivity index (χ0) is 44.4. The normalized spacial score (nSPS) is 13.0. The summed E-state index contributed by atoms with van der Waals surface area (Å²) in [5, 5.41) is 12.9. The number of thiophene rings is 2. The molecule has 0 N–H and O–H groups in total. The molecule has 0 saturated carbocycles. The molecule has 13 aromatic rings. The van der Waals surface area contributed by atoms with Crippen LogP contribution in [0.5, 0.6) is 0 Å². The van der Waals surface area contributed by atoms with E-state index >= 15 is 0 Å². The van der Waals surface area contributed by atoms with Gasteiger partial charge in [-0.25, -0.2) is 0 Å². The molecule has 0 bridgehead atoms. The highest BCUT2D eigenvalue weighted by Gasteiger charge is 2.40. The number of para-hydroxylation sites is 2. The predicted octanol–water partition coefficient (Wildman–Crippen LogP) is 19.1. The largest absolute Gasteiger partial charge is 0.309 e. The van der Waals surface area contributed by atoms with Gasteiger partial charge in [-0.3, -0.25) is 0 Å². The Balaban J connectivity index is 0.951. The fraction of sp³-hybridized carbons (Fsp3) is 0.0476. The number of rotatable bonds is 6. The Labute approximate surface area is 396 Å². The van der Waals surface area contributed by atoms with E-state index in [0.717, 1.165) is 22.7 Å². The Bertz CT molecular complexity index is 4140. The molecule has 0 unspecified atom stereocenters. The molecule has 0 atom stereocenters. The molecule has 0 fully saturated rings. The van der Waals surface area contributed by atoms with E-state index in [1.54, 1.807) is 0 Å². The highest BCUT2D eigenvalue weighted by molar-refractivity contribution is 7.26. The second-order valence-corrected chi connectivity index (χ2v) is 20.5. The molecule has 0 radical (unpaired) electrons. The maximum Gasteiger partial charge on any atom is 0.0640 e. The van der Waals surface area contributed by atoms with Crippen LogP contribution in [0.4, 0.5) is 34.1 Å². The molecule has 0 spiro atoms. The first-order chi connectivity index (χ1) is 33.0. The van der Waals surface area contributed by atoms with Crippen LogP contribution in [-0.4, -0.2) is 0 Å². The van der Waals surface area contributed by atoms with Gasteiger partial charge in [-0.1, -0.05) is 159 Å². The molecule has 1 aliphatic carbocycles. The lowest BCUT2D eigenvalue weighted by atomic mass is 9.77. The average Bonchev–Trinajstić information content (AvgIpc) is 4.03. The quantitative estimate of drug-likeness (QED) is 0.154. The van der Waals surface area contributed by atoms with Crippen molar-refractivity contribution in [1.82, 2.24) is 0 Å². The van der Waals surface area contributed by atoms with Gasteiger partial charge in [-0.05, 0) is 127 Å². The summed E-state index contributed by atoms with van der Waals surface area (Å²) in [5.74, 6) is 0. The van der Waals surface area contributed by atoms with Crippen LogP contribution in [0.3, 0.4) is 0 Å². The van der Waals surface area contributed by atoms with Gasteiger partial charge in [-0.2, -0.15) is 0 Å². The first-order valence-electron chi connectivity index (χ1n) is 23.1. The van der Waals surface area contributed by atoms with Crippen molar-refractivity contribution in [3.8, 4) is 11.1 Å².